The molecule has 0 aromatic carbocycles. The Labute approximate surface area is 197 Å². The van der Waals surface area contributed by atoms with Gasteiger partial charge in [-0.15, -0.1) is 24.0 Å². The minimum atomic E-state index is -0.487. The number of nitrogens with one attached hydrogen (secondary N) is 1. The summed E-state index contributed by atoms with van der Waals surface area (Å²) >= 11 is 0. The van der Waals surface area contributed by atoms with Crippen molar-refractivity contribution in [2.24, 2.45) is 16.6 Å². The highest BCUT2D eigenvalue weighted by Crippen LogP contribution is 2.19. The van der Waals surface area contributed by atoms with Crippen LogP contribution < -0.4 is 11.1 Å². The Hall–Kier alpha value is -1.46. The third kappa shape index (κ3) is 9.13. The van der Waals surface area contributed by atoms with E-state index in [2.05, 4.69) is 10.3 Å². The molecule has 1 unspecified atom stereocenters. The lowest BCUT2D eigenvalue weighted by molar-refractivity contribution is 0.0170. The van der Waals surface area contributed by atoms with Gasteiger partial charge in [0.1, 0.15) is 5.60 Å². The van der Waals surface area contributed by atoms with Gasteiger partial charge in [0.2, 0.25) is 0 Å². The molecular weight excluding hydrogens is 501 g/mol. The van der Waals surface area contributed by atoms with Gasteiger partial charge < -0.3 is 30.3 Å². The number of carbonyl (C=O) groups excluding carboxylic acids is 2. The summed E-state index contributed by atoms with van der Waals surface area (Å²) in [6.45, 7) is 11.1. The number of carbonyl (C=O) groups is 2. The first-order valence-electron chi connectivity index (χ1n) is 10.6. The molecule has 9 nitrogen and oxygen atoms in total. The van der Waals surface area contributed by atoms with Crippen LogP contribution in [-0.4, -0.2) is 78.9 Å². The lowest BCUT2D eigenvalue weighted by atomic mass is 9.98. The molecule has 0 saturated carbocycles. The predicted octanol–water partition coefficient (Wildman–Crippen LogP) is 2.78. The van der Waals surface area contributed by atoms with E-state index in [4.69, 9.17) is 15.2 Å². The van der Waals surface area contributed by atoms with Gasteiger partial charge >= 0.3 is 12.2 Å². The Morgan fingerprint density at radius 1 is 1.10 bits per heavy atom. The first kappa shape index (κ1) is 26.6. The lowest BCUT2D eigenvalue weighted by Gasteiger charge is -2.34. The molecule has 2 rings (SSSR count). The second-order valence-corrected chi connectivity index (χ2v) is 8.77. The molecule has 0 radical (unpaired) electrons. The zero-order valence-corrected chi connectivity index (χ0v) is 21.0. The van der Waals surface area contributed by atoms with Crippen LogP contribution in [0.5, 0.6) is 0 Å². The van der Waals surface area contributed by atoms with Gasteiger partial charge in [0.15, 0.2) is 5.96 Å². The van der Waals surface area contributed by atoms with Crippen molar-refractivity contribution in [1.82, 2.24) is 15.1 Å². The molecule has 10 heteroatoms. The average molecular weight is 539 g/mol. The largest absolute Gasteiger partial charge is 0.450 e. The number of hydrogen-bond acceptors (Lipinski definition) is 5. The molecule has 0 aromatic rings. The maximum atomic E-state index is 12.3. The number of piperidine rings is 2. The molecule has 0 spiro atoms. The fourth-order valence-corrected chi connectivity index (χ4v) is 3.61. The fourth-order valence-electron chi connectivity index (χ4n) is 3.61. The van der Waals surface area contributed by atoms with Gasteiger partial charge in [-0.05, 0) is 59.3 Å². The van der Waals surface area contributed by atoms with Gasteiger partial charge in [0.25, 0.3) is 0 Å². The standard InChI is InChI=1S/C20H37N5O4.HI/c1-5-28-18(26)24-11-8-16(9-12-24)23-17(21)22-13-15-7-6-10-25(14-15)19(27)29-20(2,3)4;/h15-16H,5-14H2,1-4H3,(H3,21,22,23);1H. The molecule has 0 aromatic heterocycles. The number of amides is 2. The summed E-state index contributed by atoms with van der Waals surface area (Å²) in [7, 11) is 0. The topological polar surface area (TPSA) is 109 Å². The molecule has 2 saturated heterocycles. The van der Waals surface area contributed by atoms with E-state index in [0.717, 1.165) is 32.2 Å². The van der Waals surface area contributed by atoms with Crippen molar-refractivity contribution in [3.05, 3.63) is 0 Å². The van der Waals surface area contributed by atoms with E-state index in [1.807, 2.05) is 27.7 Å². The van der Waals surface area contributed by atoms with Crippen LogP contribution in [0.15, 0.2) is 4.99 Å². The number of halogens is 1. The van der Waals surface area contributed by atoms with Crippen LogP contribution in [0.3, 0.4) is 0 Å². The second kappa shape index (κ2) is 12.4. The van der Waals surface area contributed by atoms with E-state index in [1.165, 1.54) is 0 Å². The Morgan fingerprint density at radius 2 is 1.77 bits per heavy atom. The summed E-state index contributed by atoms with van der Waals surface area (Å²) < 4.78 is 10.5. The van der Waals surface area contributed by atoms with Crippen LogP contribution in [0.1, 0.15) is 53.4 Å². The van der Waals surface area contributed by atoms with E-state index >= 15 is 0 Å². The molecule has 1 atom stereocenters. The average Bonchev–Trinajstić information content (AvgIpc) is 2.66. The predicted molar refractivity (Wildman–Crippen MR) is 127 cm³/mol. The molecular formula is C20H38IN5O4. The number of ether oxygens (including phenoxy) is 2. The first-order valence-corrected chi connectivity index (χ1v) is 10.6. The normalized spacial score (nSPS) is 20.9. The highest BCUT2D eigenvalue weighted by atomic mass is 127. The minimum absolute atomic E-state index is 0. The first-order chi connectivity index (χ1) is 13.7. The highest BCUT2D eigenvalue weighted by Gasteiger charge is 2.28. The Kier molecular flexibility index (Phi) is 11.0. The number of hydrogen-bond donors (Lipinski definition) is 2. The maximum absolute atomic E-state index is 12.3. The van der Waals surface area contributed by atoms with Crippen LogP contribution in [0.4, 0.5) is 9.59 Å². The Morgan fingerprint density at radius 3 is 2.37 bits per heavy atom. The molecule has 174 valence electrons. The quantitative estimate of drug-likeness (QED) is 0.323. The van der Waals surface area contributed by atoms with Gasteiger partial charge in [-0.1, -0.05) is 0 Å². The minimum Gasteiger partial charge on any atom is -0.450 e. The Balaban J connectivity index is 0.00000450. The van der Waals surface area contributed by atoms with Crippen molar-refractivity contribution < 1.29 is 19.1 Å². The number of rotatable bonds is 4. The van der Waals surface area contributed by atoms with Gasteiger partial charge in [0, 0.05) is 38.8 Å². The molecule has 30 heavy (non-hydrogen) atoms. The van der Waals surface area contributed by atoms with Crippen molar-refractivity contribution in [2.75, 3.05) is 39.3 Å². The molecule has 0 bridgehead atoms. The fraction of sp³-hybridized carbons (Fsp3) is 0.850. The van der Waals surface area contributed by atoms with E-state index in [1.54, 1.807) is 9.80 Å². The highest BCUT2D eigenvalue weighted by molar-refractivity contribution is 14.0. The summed E-state index contributed by atoms with van der Waals surface area (Å²) in [4.78, 5) is 32.0. The molecule has 0 aliphatic carbocycles. The molecule has 2 aliphatic rings. The Bertz CT molecular complexity index is 588. The summed E-state index contributed by atoms with van der Waals surface area (Å²) in [5.74, 6) is 0.705. The third-order valence-electron chi connectivity index (χ3n) is 5.06. The zero-order valence-electron chi connectivity index (χ0n) is 18.7. The van der Waals surface area contributed by atoms with E-state index in [9.17, 15) is 9.59 Å². The summed E-state index contributed by atoms with van der Waals surface area (Å²) in [5.41, 5.74) is 5.58. The summed E-state index contributed by atoms with van der Waals surface area (Å²) in [5, 5.41) is 3.26. The zero-order chi connectivity index (χ0) is 21.4. The molecule has 2 aliphatic heterocycles. The van der Waals surface area contributed by atoms with Gasteiger partial charge in [-0.2, -0.15) is 0 Å². The van der Waals surface area contributed by atoms with Crippen LogP contribution in [0.25, 0.3) is 0 Å². The summed E-state index contributed by atoms with van der Waals surface area (Å²) in [6, 6.07) is 0.203. The third-order valence-corrected chi connectivity index (χ3v) is 5.06. The number of nitrogens with zero attached hydrogens (tertiary/aromatic N) is 3. The molecule has 2 heterocycles. The molecule has 2 amide bonds. The lowest BCUT2D eigenvalue weighted by Crippen LogP contribution is -2.48. The van der Waals surface area contributed by atoms with E-state index in [0.29, 0.717) is 38.7 Å². The summed E-state index contributed by atoms with van der Waals surface area (Å²) in [6.07, 6.45) is 3.08. The number of likely N-dealkylation sites (tertiary alicyclic amines) is 2. The monoisotopic (exact) mass is 539 g/mol. The maximum Gasteiger partial charge on any atom is 0.410 e. The van der Waals surface area contributed by atoms with Crippen LogP contribution >= 0.6 is 24.0 Å². The SMILES string of the molecule is CCOC(=O)N1CCC(NC(N)=NCC2CCCN(C(=O)OC(C)(C)C)C2)CC1.I. The molecule has 2 fully saturated rings. The van der Waals surface area contributed by atoms with Crippen molar-refractivity contribution in [3.63, 3.8) is 0 Å². The van der Waals surface area contributed by atoms with Crippen molar-refractivity contribution in [1.29, 1.82) is 0 Å². The van der Waals surface area contributed by atoms with E-state index in [-0.39, 0.29) is 48.1 Å². The number of aliphatic imine (C=N–C) groups is 1. The van der Waals surface area contributed by atoms with Crippen molar-refractivity contribution in [2.45, 2.75) is 65.0 Å². The van der Waals surface area contributed by atoms with Crippen LogP contribution in [-0.2, 0) is 9.47 Å². The van der Waals surface area contributed by atoms with E-state index < -0.39 is 5.60 Å². The number of nitrogens with two attached hydrogens (primary N) is 1. The van der Waals surface area contributed by atoms with Gasteiger partial charge in [-0.3, -0.25) is 4.99 Å². The van der Waals surface area contributed by atoms with Gasteiger partial charge in [0.05, 0.1) is 6.61 Å². The van der Waals surface area contributed by atoms with Crippen LogP contribution in [0, 0.1) is 5.92 Å². The number of guanidine groups is 1. The smallest absolute Gasteiger partial charge is 0.410 e. The van der Waals surface area contributed by atoms with Crippen molar-refractivity contribution in [3.8, 4) is 0 Å². The van der Waals surface area contributed by atoms with Crippen molar-refractivity contribution >= 4 is 42.1 Å². The van der Waals surface area contributed by atoms with Crippen LogP contribution in [0.2, 0.25) is 0 Å². The van der Waals surface area contributed by atoms with Gasteiger partial charge in [-0.25, -0.2) is 9.59 Å². The second-order valence-electron chi connectivity index (χ2n) is 8.77. The molecule has 3 N–H and O–H groups in total.